The summed E-state index contributed by atoms with van der Waals surface area (Å²) in [5.74, 6) is -1.27. The Morgan fingerprint density at radius 3 is 1.70 bits per heavy atom. The van der Waals surface area contributed by atoms with Crippen LogP contribution >= 0.6 is 0 Å². The fraction of sp³-hybridized carbons (Fsp3) is 0.947. The van der Waals surface area contributed by atoms with Gasteiger partial charge < -0.3 is 19.5 Å². The SMILES string of the molecule is CCCCCCCCCCCCC(CO)C(C(=O)[O-])[N+](C)(C)C. The van der Waals surface area contributed by atoms with E-state index in [1.807, 2.05) is 21.1 Å². The molecule has 23 heavy (non-hydrogen) atoms. The van der Waals surface area contributed by atoms with Crippen LogP contribution in [0.1, 0.15) is 77.6 Å². The molecule has 0 amide bonds. The van der Waals surface area contributed by atoms with E-state index < -0.39 is 12.0 Å². The van der Waals surface area contributed by atoms with Gasteiger partial charge in [0.2, 0.25) is 0 Å². The molecule has 138 valence electrons. The molecule has 0 rings (SSSR count). The van der Waals surface area contributed by atoms with E-state index in [4.69, 9.17) is 0 Å². The first-order valence-electron chi connectivity index (χ1n) is 9.47. The van der Waals surface area contributed by atoms with Gasteiger partial charge in [-0.3, -0.25) is 0 Å². The molecule has 0 aliphatic rings. The van der Waals surface area contributed by atoms with Crippen LogP contribution in [0, 0.1) is 5.92 Å². The second-order valence-electron chi connectivity index (χ2n) is 7.79. The van der Waals surface area contributed by atoms with E-state index >= 15 is 0 Å². The Morgan fingerprint density at radius 2 is 1.35 bits per heavy atom. The van der Waals surface area contributed by atoms with E-state index in [-0.39, 0.29) is 12.5 Å². The molecule has 0 aromatic carbocycles. The largest absolute Gasteiger partial charge is 0.544 e. The van der Waals surface area contributed by atoms with Crippen molar-refractivity contribution in [3.05, 3.63) is 0 Å². The predicted molar refractivity (Wildman–Crippen MR) is 93.9 cm³/mol. The van der Waals surface area contributed by atoms with Crippen molar-refractivity contribution in [2.45, 2.75) is 83.6 Å². The van der Waals surface area contributed by atoms with Crippen LogP contribution in [-0.4, -0.2) is 49.4 Å². The zero-order valence-electron chi connectivity index (χ0n) is 15.9. The lowest BCUT2D eigenvalue weighted by Gasteiger charge is -2.39. The Balaban J connectivity index is 3.85. The number of carbonyl (C=O) groups is 1. The second kappa shape index (κ2) is 12.8. The molecule has 0 fully saturated rings. The number of likely N-dealkylation sites (N-methyl/N-ethyl adjacent to an activating group) is 1. The highest BCUT2D eigenvalue weighted by Crippen LogP contribution is 2.21. The molecule has 0 aromatic rings. The number of aliphatic hydroxyl groups excluding tert-OH is 1. The molecular weight excluding hydrogens is 290 g/mol. The number of carbonyl (C=O) groups excluding carboxylic acids is 1. The first kappa shape index (κ1) is 22.4. The predicted octanol–water partition coefficient (Wildman–Crippen LogP) is 2.73. The van der Waals surface area contributed by atoms with Gasteiger partial charge in [-0.25, -0.2) is 0 Å². The van der Waals surface area contributed by atoms with Crippen molar-refractivity contribution in [1.29, 1.82) is 0 Å². The van der Waals surface area contributed by atoms with Crippen LogP contribution in [0.25, 0.3) is 0 Å². The van der Waals surface area contributed by atoms with Gasteiger partial charge in [-0.2, -0.15) is 0 Å². The Morgan fingerprint density at radius 1 is 0.913 bits per heavy atom. The number of carboxylic acids is 1. The highest BCUT2D eigenvalue weighted by molar-refractivity contribution is 5.70. The summed E-state index contributed by atoms with van der Waals surface area (Å²) >= 11 is 0. The first-order chi connectivity index (χ1) is 10.8. The highest BCUT2D eigenvalue weighted by atomic mass is 16.4. The maximum Gasteiger partial charge on any atom is 0.134 e. The van der Waals surface area contributed by atoms with Gasteiger partial charge in [0.15, 0.2) is 0 Å². The summed E-state index contributed by atoms with van der Waals surface area (Å²) in [6, 6.07) is -0.640. The quantitative estimate of drug-likeness (QED) is 0.371. The van der Waals surface area contributed by atoms with E-state index in [9.17, 15) is 15.0 Å². The van der Waals surface area contributed by atoms with Crippen molar-refractivity contribution in [2.75, 3.05) is 27.7 Å². The van der Waals surface area contributed by atoms with Crippen LogP contribution in [0.15, 0.2) is 0 Å². The molecule has 0 heterocycles. The number of quaternary nitrogens is 1. The van der Waals surface area contributed by atoms with Gasteiger partial charge in [0.1, 0.15) is 6.04 Å². The van der Waals surface area contributed by atoms with Crippen molar-refractivity contribution in [1.82, 2.24) is 0 Å². The number of hydrogen-bond donors (Lipinski definition) is 1. The minimum atomic E-state index is -1.05. The maximum atomic E-state index is 11.4. The molecule has 4 heteroatoms. The lowest BCUT2D eigenvalue weighted by Crippen LogP contribution is -2.59. The third-order valence-corrected chi connectivity index (χ3v) is 4.69. The number of aliphatic hydroxyl groups is 1. The molecule has 2 atom stereocenters. The number of nitrogens with zero attached hydrogens (tertiary/aromatic N) is 1. The van der Waals surface area contributed by atoms with Gasteiger partial charge in [0.25, 0.3) is 0 Å². The van der Waals surface area contributed by atoms with Crippen LogP contribution < -0.4 is 5.11 Å². The summed E-state index contributed by atoms with van der Waals surface area (Å²) in [6.45, 7) is 2.16. The molecule has 1 N–H and O–H groups in total. The normalized spacial score (nSPS) is 14.7. The summed E-state index contributed by atoms with van der Waals surface area (Å²) in [5.41, 5.74) is 0. The zero-order chi connectivity index (χ0) is 17.7. The summed E-state index contributed by atoms with van der Waals surface area (Å²) < 4.78 is 0.297. The minimum absolute atomic E-state index is 0.0778. The Labute approximate surface area is 143 Å². The van der Waals surface area contributed by atoms with Crippen molar-refractivity contribution >= 4 is 5.97 Å². The smallest absolute Gasteiger partial charge is 0.134 e. The molecule has 0 radical (unpaired) electrons. The second-order valence-corrected chi connectivity index (χ2v) is 7.79. The number of rotatable bonds is 15. The lowest BCUT2D eigenvalue weighted by molar-refractivity contribution is -0.893. The number of unbranched alkanes of at least 4 members (excludes halogenated alkanes) is 9. The number of aliphatic carboxylic acids is 1. The molecule has 0 saturated carbocycles. The fourth-order valence-corrected chi connectivity index (χ4v) is 3.38. The zero-order valence-corrected chi connectivity index (χ0v) is 15.9. The molecule has 0 bridgehead atoms. The van der Waals surface area contributed by atoms with Crippen LogP contribution in [0.3, 0.4) is 0 Å². The third-order valence-electron chi connectivity index (χ3n) is 4.69. The van der Waals surface area contributed by atoms with Crippen molar-refractivity contribution < 1.29 is 19.5 Å². The Hall–Kier alpha value is -0.610. The average molecular weight is 330 g/mol. The summed E-state index contributed by atoms with van der Waals surface area (Å²) in [6.07, 6.45) is 13.4. The Kier molecular flexibility index (Phi) is 12.4. The monoisotopic (exact) mass is 329 g/mol. The van der Waals surface area contributed by atoms with E-state index in [1.165, 1.54) is 51.4 Å². The minimum Gasteiger partial charge on any atom is -0.544 e. The van der Waals surface area contributed by atoms with Gasteiger partial charge in [-0.15, -0.1) is 0 Å². The highest BCUT2D eigenvalue weighted by Gasteiger charge is 2.33. The average Bonchev–Trinajstić information content (AvgIpc) is 2.45. The topological polar surface area (TPSA) is 60.4 Å². The van der Waals surface area contributed by atoms with E-state index in [2.05, 4.69) is 6.92 Å². The van der Waals surface area contributed by atoms with E-state index in [1.54, 1.807) is 0 Å². The van der Waals surface area contributed by atoms with Crippen molar-refractivity contribution in [3.63, 3.8) is 0 Å². The van der Waals surface area contributed by atoms with Gasteiger partial charge in [-0.1, -0.05) is 71.1 Å². The number of carboxylic acid groups (broad SMARTS) is 1. The van der Waals surface area contributed by atoms with Crippen LogP contribution in [-0.2, 0) is 4.79 Å². The van der Waals surface area contributed by atoms with Crippen LogP contribution in [0.2, 0.25) is 0 Å². The summed E-state index contributed by atoms with van der Waals surface area (Å²) in [4.78, 5) is 11.4. The lowest BCUT2D eigenvalue weighted by atomic mass is 9.92. The molecule has 0 aliphatic carbocycles. The van der Waals surface area contributed by atoms with Gasteiger partial charge in [0, 0.05) is 5.92 Å². The van der Waals surface area contributed by atoms with Gasteiger partial charge >= 0.3 is 0 Å². The molecule has 4 nitrogen and oxygen atoms in total. The van der Waals surface area contributed by atoms with Gasteiger partial charge in [0.05, 0.1) is 33.7 Å². The summed E-state index contributed by atoms with van der Waals surface area (Å²) in [5, 5.41) is 20.9. The first-order valence-corrected chi connectivity index (χ1v) is 9.47. The van der Waals surface area contributed by atoms with Crippen LogP contribution in [0.5, 0.6) is 0 Å². The third kappa shape index (κ3) is 10.7. The molecule has 0 saturated heterocycles. The number of hydrogen-bond acceptors (Lipinski definition) is 3. The van der Waals surface area contributed by atoms with Crippen molar-refractivity contribution in [2.24, 2.45) is 5.92 Å². The molecule has 0 aliphatic heterocycles. The summed E-state index contributed by atoms with van der Waals surface area (Å²) in [7, 11) is 5.55. The standard InChI is InChI=1S/C19H39NO3/c1-5-6-7-8-9-10-11-12-13-14-15-17(16-21)18(19(22)23)20(2,3)4/h17-18,21H,5-16H2,1-4H3. The fourth-order valence-electron chi connectivity index (χ4n) is 3.38. The maximum absolute atomic E-state index is 11.4. The molecular formula is C19H39NO3. The molecule has 0 spiro atoms. The molecule has 2 unspecified atom stereocenters. The molecule has 0 aromatic heterocycles. The Bertz CT molecular complexity index is 299. The van der Waals surface area contributed by atoms with Crippen molar-refractivity contribution in [3.8, 4) is 0 Å². The van der Waals surface area contributed by atoms with E-state index in [0.717, 1.165) is 19.3 Å². The van der Waals surface area contributed by atoms with Gasteiger partial charge in [-0.05, 0) is 6.42 Å². The van der Waals surface area contributed by atoms with Crippen LogP contribution in [0.4, 0.5) is 0 Å². The van der Waals surface area contributed by atoms with E-state index in [0.29, 0.717) is 4.48 Å².